The van der Waals surface area contributed by atoms with Crippen LogP contribution in [0.4, 0.5) is 0 Å². The fourth-order valence-electron chi connectivity index (χ4n) is 3.13. The van der Waals surface area contributed by atoms with E-state index in [1.54, 1.807) is 0 Å². The summed E-state index contributed by atoms with van der Waals surface area (Å²) in [5, 5.41) is 7.83. The number of guanidine groups is 1. The summed E-state index contributed by atoms with van der Waals surface area (Å²) in [6.07, 6.45) is 2.02. The van der Waals surface area contributed by atoms with E-state index in [2.05, 4.69) is 41.6 Å². The van der Waals surface area contributed by atoms with E-state index in [-0.39, 0.29) is 6.04 Å². The SMILES string of the molecule is CCNC(=NCCCOCC1CCOC1)NC(C)c1cc2ccccc2o1. The smallest absolute Gasteiger partial charge is 0.191 e. The van der Waals surface area contributed by atoms with Crippen molar-refractivity contribution in [1.29, 1.82) is 0 Å². The topological polar surface area (TPSA) is 68.0 Å². The fraction of sp³-hybridized carbons (Fsp3) is 0.571. The molecule has 1 aliphatic rings. The molecule has 1 aliphatic heterocycles. The van der Waals surface area contributed by atoms with Crippen molar-refractivity contribution in [3.8, 4) is 0 Å². The molecule has 0 spiro atoms. The van der Waals surface area contributed by atoms with Gasteiger partial charge in [0, 0.05) is 37.6 Å². The minimum atomic E-state index is 0.0359. The van der Waals surface area contributed by atoms with Crippen molar-refractivity contribution < 1.29 is 13.9 Å². The molecule has 27 heavy (non-hydrogen) atoms. The van der Waals surface area contributed by atoms with Gasteiger partial charge >= 0.3 is 0 Å². The van der Waals surface area contributed by atoms with Crippen molar-refractivity contribution in [2.45, 2.75) is 32.7 Å². The largest absolute Gasteiger partial charge is 0.459 e. The van der Waals surface area contributed by atoms with Gasteiger partial charge in [0.1, 0.15) is 11.3 Å². The van der Waals surface area contributed by atoms with Crippen LogP contribution in [0.1, 0.15) is 38.5 Å². The number of hydrogen-bond acceptors (Lipinski definition) is 4. The van der Waals surface area contributed by atoms with Crippen molar-refractivity contribution in [3.63, 3.8) is 0 Å². The van der Waals surface area contributed by atoms with E-state index in [1.807, 2.05) is 18.2 Å². The van der Waals surface area contributed by atoms with Gasteiger partial charge < -0.3 is 24.5 Å². The molecule has 6 nitrogen and oxygen atoms in total. The summed E-state index contributed by atoms with van der Waals surface area (Å²) < 4.78 is 17.0. The average molecular weight is 373 g/mol. The van der Waals surface area contributed by atoms with E-state index in [0.717, 1.165) is 75.0 Å². The lowest BCUT2D eigenvalue weighted by atomic mass is 10.1. The Balaban J connectivity index is 1.44. The molecule has 1 aromatic carbocycles. The maximum atomic E-state index is 5.94. The second-order valence-corrected chi connectivity index (χ2v) is 6.97. The number of rotatable bonds is 9. The zero-order chi connectivity index (χ0) is 18.9. The van der Waals surface area contributed by atoms with Crippen molar-refractivity contribution in [3.05, 3.63) is 36.1 Å². The van der Waals surface area contributed by atoms with E-state index in [4.69, 9.17) is 13.9 Å². The number of hydrogen-bond donors (Lipinski definition) is 2. The summed E-state index contributed by atoms with van der Waals surface area (Å²) in [6, 6.07) is 10.2. The molecular formula is C21H31N3O3. The van der Waals surface area contributed by atoms with Gasteiger partial charge in [0.25, 0.3) is 0 Å². The molecule has 148 valence electrons. The minimum Gasteiger partial charge on any atom is -0.459 e. The first-order valence-corrected chi connectivity index (χ1v) is 9.95. The Hall–Kier alpha value is -2.05. The molecule has 1 aromatic heterocycles. The summed E-state index contributed by atoms with van der Waals surface area (Å²) in [5.41, 5.74) is 0.910. The van der Waals surface area contributed by atoms with Crippen LogP contribution < -0.4 is 10.6 Å². The maximum absolute atomic E-state index is 5.94. The number of aliphatic imine (C=N–C) groups is 1. The summed E-state index contributed by atoms with van der Waals surface area (Å²) in [5.74, 6) is 2.27. The Morgan fingerprint density at radius 1 is 1.37 bits per heavy atom. The second-order valence-electron chi connectivity index (χ2n) is 6.97. The van der Waals surface area contributed by atoms with E-state index >= 15 is 0 Å². The van der Waals surface area contributed by atoms with Gasteiger partial charge in [-0.25, -0.2) is 0 Å². The number of nitrogens with zero attached hydrogens (tertiary/aromatic N) is 1. The third kappa shape index (κ3) is 5.97. The van der Waals surface area contributed by atoms with Crippen LogP contribution in [-0.4, -0.2) is 45.5 Å². The number of fused-ring (bicyclic) bond motifs is 1. The molecule has 2 unspecified atom stereocenters. The van der Waals surface area contributed by atoms with Crippen molar-refractivity contribution in [1.82, 2.24) is 10.6 Å². The molecule has 3 rings (SSSR count). The molecule has 1 saturated heterocycles. The van der Waals surface area contributed by atoms with Gasteiger partial charge in [0.05, 0.1) is 19.3 Å². The first-order valence-electron chi connectivity index (χ1n) is 9.95. The Kier molecular flexibility index (Phi) is 7.54. The summed E-state index contributed by atoms with van der Waals surface area (Å²) in [6.45, 7) is 8.93. The van der Waals surface area contributed by atoms with Gasteiger partial charge in [-0.15, -0.1) is 0 Å². The maximum Gasteiger partial charge on any atom is 0.191 e. The Bertz CT molecular complexity index is 689. The van der Waals surface area contributed by atoms with Gasteiger partial charge in [0.15, 0.2) is 5.96 Å². The van der Waals surface area contributed by atoms with E-state index < -0.39 is 0 Å². The normalized spacial score (nSPS) is 18.7. The van der Waals surface area contributed by atoms with Crippen LogP contribution in [0.3, 0.4) is 0 Å². The van der Waals surface area contributed by atoms with Crippen LogP contribution >= 0.6 is 0 Å². The molecule has 0 bridgehead atoms. The lowest BCUT2D eigenvalue weighted by Gasteiger charge is -2.16. The van der Waals surface area contributed by atoms with E-state index in [9.17, 15) is 0 Å². The van der Waals surface area contributed by atoms with Gasteiger partial charge in [-0.3, -0.25) is 4.99 Å². The van der Waals surface area contributed by atoms with Gasteiger partial charge in [-0.2, -0.15) is 0 Å². The summed E-state index contributed by atoms with van der Waals surface area (Å²) >= 11 is 0. The zero-order valence-corrected chi connectivity index (χ0v) is 16.4. The average Bonchev–Trinajstić information content (AvgIpc) is 3.33. The van der Waals surface area contributed by atoms with Crippen LogP contribution in [0.15, 0.2) is 39.7 Å². The summed E-state index contributed by atoms with van der Waals surface area (Å²) in [4.78, 5) is 4.65. The summed E-state index contributed by atoms with van der Waals surface area (Å²) in [7, 11) is 0. The second kappa shape index (κ2) is 10.3. The number of benzene rings is 1. The van der Waals surface area contributed by atoms with Crippen LogP contribution in [0.5, 0.6) is 0 Å². The molecule has 2 heterocycles. The van der Waals surface area contributed by atoms with Gasteiger partial charge in [-0.1, -0.05) is 18.2 Å². The van der Waals surface area contributed by atoms with Crippen LogP contribution in [-0.2, 0) is 9.47 Å². The molecular weight excluding hydrogens is 342 g/mol. The molecule has 0 amide bonds. The van der Waals surface area contributed by atoms with Crippen molar-refractivity contribution in [2.24, 2.45) is 10.9 Å². The first-order chi connectivity index (χ1) is 13.3. The Morgan fingerprint density at radius 2 is 2.26 bits per heavy atom. The van der Waals surface area contributed by atoms with E-state index in [0.29, 0.717) is 5.92 Å². The predicted octanol–water partition coefficient (Wildman–Crippen LogP) is 3.49. The Morgan fingerprint density at radius 3 is 3.04 bits per heavy atom. The molecule has 0 saturated carbocycles. The van der Waals surface area contributed by atoms with Crippen LogP contribution in [0, 0.1) is 5.92 Å². The van der Waals surface area contributed by atoms with Crippen LogP contribution in [0.2, 0.25) is 0 Å². The quantitative estimate of drug-likeness (QED) is 0.400. The molecule has 2 aromatic rings. The number of para-hydroxylation sites is 1. The molecule has 0 aliphatic carbocycles. The lowest BCUT2D eigenvalue weighted by Crippen LogP contribution is -2.38. The fourth-order valence-corrected chi connectivity index (χ4v) is 3.13. The molecule has 1 fully saturated rings. The molecule has 2 N–H and O–H groups in total. The lowest BCUT2D eigenvalue weighted by molar-refractivity contribution is 0.0893. The standard InChI is InChI=1S/C21H31N3O3/c1-3-22-21(23-10-6-11-25-14-17-9-12-26-15-17)24-16(2)20-13-18-7-4-5-8-19(18)27-20/h4-5,7-8,13,16-17H,3,6,9-12,14-15H2,1-2H3,(H2,22,23,24). The van der Waals surface area contributed by atoms with Gasteiger partial charge in [-0.05, 0) is 38.8 Å². The highest BCUT2D eigenvalue weighted by molar-refractivity contribution is 5.81. The minimum absolute atomic E-state index is 0.0359. The van der Waals surface area contributed by atoms with E-state index in [1.165, 1.54) is 0 Å². The Labute approximate surface area is 161 Å². The molecule has 2 atom stereocenters. The highest BCUT2D eigenvalue weighted by Gasteiger charge is 2.15. The zero-order valence-electron chi connectivity index (χ0n) is 16.4. The molecule has 6 heteroatoms. The molecule has 0 radical (unpaired) electrons. The number of furan rings is 1. The monoisotopic (exact) mass is 373 g/mol. The number of nitrogens with one attached hydrogen (secondary N) is 2. The van der Waals surface area contributed by atoms with Gasteiger partial charge in [0.2, 0.25) is 0 Å². The predicted molar refractivity (Wildman–Crippen MR) is 108 cm³/mol. The highest BCUT2D eigenvalue weighted by atomic mass is 16.5. The van der Waals surface area contributed by atoms with Crippen molar-refractivity contribution >= 4 is 16.9 Å². The third-order valence-corrected chi connectivity index (χ3v) is 4.66. The first kappa shape index (κ1) is 19.7. The third-order valence-electron chi connectivity index (χ3n) is 4.66. The van der Waals surface area contributed by atoms with Crippen LogP contribution in [0.25, 0.3) is 11.0 Å². The highest BCUT2D eigenvalue weighted by Crippen LogP contribution is 2.23. The van der Waals surface area contributed by atoms with Crippen molar-refractivity contribution in [2.75, 3.05) is 39.5 Å². The number of ether oxygens (including phenoxy) is 2.